The Bertz CT molecular complexity index is 675. The van der Waals surface area contributed by atoms with Gasteiger partial charge in [-0.25, -0.2) is 0 Å². The van der Waals surface area contributed by atoms with Crippen molar-refractivity contribution in [3.05, 3.63) is 45.2 Å². The molecule has 0 saturated carbocycles. The smallest absolute Gasteiger partial charge is 0.254 e. The summed E-state index contributed by atoms with van der Waals surface area (Å²) in [6, 6.07) is 2.92. The predicted octanol–water partition coefficient (Wildman–Crippen LogP) is 1.06. The number of methoxy groups -OCH3 is 1. The molecule has 0 saturated heterocycles. The van der Waals surface area contributed by atoms with Gasteiger partial charge in [-0.2, -0.15) is 4.37 Å². The number of aromatic nitrogens is 2. The van der Waals surface area contributed by atoms with Gasteiger partial charge >= 0.3 is 0 Å². The van der Waals surface area contributed by atoms with Crippen LogP contribution in [0.5, 0.6) is 5.88 Å². The van der Waals surface area contributed by atoms with Crippen molar-refractivity contribution in [3.8, 4) is 5.88 Å². The highest BCUT2D eigenvalue weighted by Gasteiger charge is 2.12. The zero-order valence-electron chi connectivity index (χ0n) is 11.5. The lowest BCUT2D eigenvalue weighted by molar-refractivity contribution is 0.0826. The molecule has 0 atom stereocenters. The Morgan fingerprint density at radius 3 is 2.85 bits per heavy atom. The molecule has 0 aliphatic rings. The van der Waals surface area contributed by atoms with Gasteiger partial charge in [0, 0.05) is 37.3 Å². The van der Waals surface area contributed by atoms with Crippen molar-refractivity contribution in [2.45, 2.75) is 6.54 Å². The minimum atomic E-state index is -0.173. The lowest BCUT2D eigenvalue weighted by atomic mass is 10.2. The molecule has 0 aromatic carbocycles. The minimum absolute atomic E-state index is 0.144. The third-order valence-electron chi connectivity index (χ3n) is 2.78. The standard InChI is InChI=1S/C13H15N3O3S/c1-15(2)13(18)9-4-5-11(17)16(6-9)7-10-8-20-14-12(10)19-3/h4-6,8H,7H2,1-3H3. The monoisotopic (exact) mass is 293 g/mol. The molecule has 0 fully saturated rings. The first-order valence-corrected chi connectivity index (χ1v) is 6.76. The lowest BCUT2D eigenvalue weighted by Gasteiger charge is -2.12. The average Bonchev–Trinajstić information content (AvgIpc) is 2.87. The summed E-state index contributed by atoms with van der Waals surface area (Å²) in [6.45, 7) is 0.326. The van der Waals surface area contributed by atoms with E-state index in [1.54, 1.807) is 20.3 Å². The van der Waals surface area contributed by atoms with E-state index in [-0.39, 0.29) is 11.5 Å². The van der Waals surface area contributed by atoms with Gasteiger partial charge in [0.25, 0.3) is 11.5 Å². The first-order chi connectivity index (χ1) is 9.52. The highest BCUT2D eigenvalue weighted by molar-refractivity contribution is 7.03. The van der Waals surface area contributed by atoms with Crippen LogP contribution in [0.15, 0.2) is 28.5 Å². The van der Waals surface area contributed by atoms with Crippen LogP contribution in [-0.2, 0) is 6.54 Å². The number of pyridine rings is 1. The van der Waals surface area contributed by atoms with Gasteiger partial charge in [0.15, 0.2) is 0 Å². The number of amides is 1. The third kappa shape index (κ3) is 2.88. The number of hydrogen-bond donors (Lipinski definition) is 0. The average molecular weight is 293 g/mol. The SMILES string of the molecule is COc1nscc1Cn1cc(C(=O)N(C)C)ccc1=O. The maximum Gasteiger partial charge on any atom is 0.254 e. The first-order valence-electron chi connectivity index (χ1n) is 5.92. The molecule has 0 aliphatic heterocycles. The Kier molecular flexibility index (Phi) is 4.19. The summed E-state index contributed by atoms with van der Waals surface area (Å²) < 4.78 is 10.7. The second-order valence-corrected chi connectivity index (χ2v) is 5.06. The molecule has 106 valence electrons. The van der Waals surface area contributed by atoms with Crippen molar-refractivity contribution in [2.24, 2.45) is 0 Å². The lowest BCUT2D eigenvalue weighted by Crippen LogP contribution is -2.26. The van der Waals surface area contributed by atoms with Crippen molar-refractivity contribution < 1.29 is 9.53 Å². The fraction of sp³-hybridized carbons (Fsp3) is 0.308. The van der Waals surface area contributed by atoms with Crippen LogP contribution in [0.1, 0.15) is 15.9 Å². The van der Waals surface area contributed by atoms with Crippen molar-refractivity contribution in [3.63, 3.8) is 0 Å². The summed E-state index contributed by atoms with van der Waals surface area (Å²) in [5, 5.41) is 1.83. The Morgan fingerprint density at radius 1 is 1.45 bits per heavy atom. The summed E-state index contributed by atoms with van der Waals surface area (Å²) in [5.74, 6) is 0.361. The fourth-order valence-electron chi connectivity index (χ4n) is 1.74. The quantitative estimate of drug-likeness (QED) is 0.845. The van der Waals surface area contributed by atoms with Crippen LogP contribution in [0.2, 0.25) is 0 Å². The highest BCUT2D eigenvalue weighted by atomic mass is 32.1. The molecule has 0 aliphatic carbocycles. The van der Waals surface area contributed by atoms with Crippen molar-refractivity contribution in [2.75, 3.05) is 21.2 Å². The van der Waals surface area contributed by atoms with E-state index >= 15 is 0 Å². The third-order valence-corrected chi connectivity index (χ3v) is 3.44. The fourth-order valence-corrected chi connectivity index (χ4v) is 2.39. The van der Waals surface area contributed by atoms with Gasteiger partial charge in [0.2, 0.25) is 5.88 Å². The molecule has 2 aromatic rings. The van der Waals surface area contributed by atoms with Crippen LogP contribution in [0.3, 0.4) is 0 Å². The van der Waals surface area contributed by atoms with E-state index in [0.717, 1.165) is 5.56 Å². The second kappa shape index (κ2) is 5.87. The maximum atomic E-state index is 11.9. The molecule has 0 radical (unpaired) electrons. The molecule has 2 rings (SSSR count). The van der Waals surface area contributed by atoms with Gasteiger partial charge in [-0.3, -0.25) is 9.59 Å². The van der Waals surface area contributed by atoms with Gasteiger partial charge in [-0.15, -0.1) is 0 Å². The first kappa shape index (κ1) is 14.3. The van der Waals surface area contributed by atoms with Crippen LogP contribution in [-0.4, -0.2) is 41.0 Å². The van der Waals surface area contributed by atoms with Crippen molar-refractivity contribution in [1.82, 2.24) is 13.8 Å². The van der Waals surface area contributed by atoms with Crippen LogP contribution < -0.4 is 10.3 Å². The molecule has 6 nitrogen and oxygen atoms in total. The summed E-state index contributed by atoms with van der Waals surface area (Å²) in [5.41, 5.74) is 1.11. The van der Waals surface area contributed by atoms with Crippen LogP contribution in [0.4, 0.5) is 0 Å². The van der Waals surface area contributed by atoms with Crippen LogP contribution in [0, 0.1) is 0 Å². The normalized spacial score (nSPS) is 10.3. The van der Waals surface area contributed by atoms with E-state index in [1.807, 2.05) is 5.38 Å². The van der Waals surface area contributed by atoms with Crippen LogP contribution >= 0.6 is 11.5 Å². The minimum Gasteiger partial charge on any atom is -0.480 e. The van der Waals surface area contributed by atoms with Gasteiger partial charge in [-0.1, -0.05) is 0 Å². The molecule has 0 N–H and O–H groups in total. The number of rotatable bonds is 4. The van der Waals surface area contributed by atoms with E-state index in [9.17, 15) is 9.59 Å². The Hall–Kier alpha value is -2.15. The summed E-state index contributed by atoms with van der Waals surface area (Å²) >= 11 is 1.27. The maximum absolute atomic E-state index is 11.9. The molecule has 2 heterocycles. The van der Waals surface area contributed by atoms with Gasteiger partial charge < -0.3 is 14.2 Å². The zero-order chi connectivity index (χ0) is 14.7. The molecule has 0 spiro atoms. The Labute approximate surface area is 120 Å². The van der Waals surface area contributed by atoms with E-state index in [4.69, 9.17) is 4.74 Å². The summed E-state index contributed by atoms with van der Waals surface area (Å²) in [6.07, 6.45) is 1.56. The number of carbonyl (C=O) groups excluding carboxylic acids is 1. The molecular weight excluding hydrogens is 278 g/mol. The molecule has 1 amide bonds. The number of carbonyl (C=O) groups is 1. The molecule has 7 heteroatoms. The molecule has 0 unspecified atom stereocenters. The van der Waals surface area contributed by atoms with E-state index in [1.165, 1.54) is 40.2 Å². The Morgan fingerprint density at radius 2 is 2.20 bits per heavy atom. The molecule has 0 bridgehead atoms. The van der Waals surface area contributed by atoms with Crippen molar-refractivity contribution >= 4 is 17.4 Å². The van der Waals surface area contributed by atoms with Gasteiger partial charge in [0.05, 0.1) is 19.2 Å². The molecule has 2 aromatic heterocycles. The highest BCUT2D eigenvalue weighted by Crippen LogP contribution is 2.19. The number of hydrogen-bond acceptors (Lipinski definition) is 5. The molecule has 20 heavy (non-hydrogen) atoms. The van der Waals surface area contributed by atoms with E-state index in [2.05, 4.69) is 4.37 Å². The number of ether oxygens (including phenoxy) is 1. The second-order valence-electron chi connectivity index (χ2n) is 4.43. The Balaban J connectivity index is 2.34. The largest absolute Gasteiger partial charge is 0.480 e. The molecular formula is C13H15N3O3S. The summed E-state index contributed by atoms with van der Waals surface area (Å²) in [4.78, 5) is 25.2. The topological polar surface area (TPSA) is 64.4 Å². The van der Waals surface area contributed by atoms with E-state index in [0.29, 0.717) is 18.0 Å². The van der Waals surface area contributed by atoms with E-state index < -0.39 is 0 Å². The zero-order valence-corrected chi connectivity index (χ0v) is 12.3. The predicted molar refractivity (Wildman–Crippen MR) is 76.5 cm³/mol. The van der Waals surface area contributed by atoms with Gasteiger partial charge in [-0.05, 0) is 17.6 Å². The number of nitrogens with zero attached hydrogens (tertiary/aromatic N) is 3. The van der Waals surface area contributed by atoms with Crippen molar-refractivity contribution in [1.29, 1.82) is 0 Å². The van der Waals surface area contributed by atoms with Crippen LogP contribution in [0.25, 0.3) is 0 Å². The summed E-state index contributed by atoms with van der Waals surface area (Å²) in [7, 11) is 4.88. The van der Waals surface area contributed by atoms with Gasteiger partial charge in [0.1, 0.15) is 0 Å².